The number of nitrogens with one attached hydrogen (secondary N) is 2. The van der Waals surface area contributed by atoms with E-state index < -0.39 is 0 Å². The summed E-state index contributed by atoms with van der Waals surface area (Å²) in [5.41, 5.74) is 0.348. The Hall–Kier alpha value is -2.24. The number of halogens is 2. The Bertz CT molecular complexity index is 739. The van der Waals surface area contributed by atoms with Gasteiger partial charge in [0.25, 0.3) is 5.91 Å². The molecule has 0 atom stereocenters. The lowest BCUT2D eigenvalue weighted by molar-refractivity contribution is -0.121. The first-order chi connectivity index (χ1) is 12.6. The van der Waals surface area contributed by atoms with Crippen LogP contribution in [0.4, 0.5) is 0 Å². The first-order valence-electron chi connectivity index (χ1n) is 8.24. The van der Waals surface area contributed by atoms with E-state index in [2.05, 4.69) is 10.6 Å². The number of hydrogen-bond donors (Lipinski definition) is 2. The Morgan fingerprint density at radius 3 is 2.42 bits per heavy atom. The molecular formula is C19H20Cl2N2O3. The van der Waals surface area contributed by atoms with E-state index >= 15 is 0 Å². The molecular weight excluding hydrogens is 375 g/mol. The Kier molecular flexibility index (Phi) is 8.25. The van der Waals surface area contributed by atoms with Crippen molar-refractivity contribution in [3.8, 4) is 5.75 Å². The molecule has 2 aromatic carbocycles. The minimum Gasteiger partial charge on any atom is -0.494 e. The number of hydrogen-bond acceptors (Lipinski definition) is 3. The van der Waals surface area contributed by atoms with Gasteiger partial charge in [-0.2, -0.15) is 0 Å². The highest BCUT2D eigenvalue weighted by molar-refractivity contribution is 6.36. The number of ether oxygens (including phenoxy) is 1. The maximum atomic E-state index is 12.0. The van der Waals surface area contributed by atoms with Crippen LogP contribution in [0.25, 0.3) is 0 Å². The Morgan fingerprint density at radius 2 is 1.69 bits per heavy atom. The average molecular weight is 395 g/mol. The van der Waals surface area contributed by atoms with Gasteiger partial charge in [-0.15, -0.1) is 0 Å². The smallest absolute Gasteiger partial charge is 0.252 e. The van der Waals surface area contributed by atoms with Gasteiger partial charge in [0.2, 0.25) is 5.91 Å². The van der Waals surface area contributed by atoms with Crippen molar-refractivity contribution in [2.24, 2.45) is 0 Å². The van der Waals surface area contributed by atoms with E-state index in [0.717, 1.165) is 5.75 Å². The highest BCUT2D eigenvalue weighted by atomic mass is 35.5. The lowest BCUT2D eigenvalue weighted by Gasteiger charge is -2.09. The molecule has 0 spiro atoms. The molecule has 0 aromatic heterocycles. The van der Waals surface area contributed by atoms with Gasteiger partial charge in [-0.3, -0.25) is 9.59 Å². The zero-order valence-corrected chi connectivity index (χ0v) is 15.6. The van der Waals surface area contributed by atoms with Crippen molar-refractivity contribution >= 4 is 35.0 Å². The molecule has 0 aliphatic heterocycles. The zero-order chi connectivity index (χ0) is 18.8. The number of amides is 2. The maximum absolute atomic E-state index is 12.0. The van der Waals surface area contributed by atoms with Crippen molar-refractivity contribution in [3.05, 3.63) is 64.1 Å². The van der Waals surface area contributed by atoms with Gasteiger partial charge in [-0.25, -0.2) is 0 Å². The van der Waals surface area contributed by atoms with Gasteiger partial charge >= 0.3 is 0 Å². The van der Waals surface area contributed by atoms with Crippen LogP contribution in [0, 0.1) is 0 Å². The number of rotatable bonds is 9. The molecule has 0 radical (unpaired) electrons. The Morgan fingerprint density at radius 1 is 0.962 bits per heavy atom. The molecule has 5 nitrogen and oxygen atoms in total. The summed E-state index contributed by atoms with van der Waals surface area (Å²) in [4.78, 5) is 23.7. The standard InChI is InChI=1S/C19H20Cl2N2O3/c20-14-8-9-16(17(21)13-14)19(25)23-11-10-22-18(24)7-4-12-26-15-5-2-1-3-6-15/h1-3,5-6,8-9,13H,4,7,10-12H2,(H,22,24)(H,23,25). The summed E-state index contributed by atoms with van der Waals surface area (Å²) in [5, 5.41) is 6.20. The van der Waals surface area contributed by atoms with E-state index in [1.165, 1.54) is 6.07 Å². The van der Waals surface area contributed by atoms with Crippen molar-refractivity contribution < 1.29 is 14.3 Å². The molecule has 0 saturated carbocycles. The van der Waals surface area contributed by atoms with Gasteiger partial charge in [-0.1, -0.05) is 41.4 Å². The minimum atomic E-state index is -0.308. The normalized spacial score (nSPS) is 10.2. The Balaban J connectivity index is 1.57. The SMILES string of the molecule is O=C(CCCOc1ccccc1)NCCNC(=O)c1ccc(Cl)cc1Cl. The summed E-state index contributed by atoms with van der Waals surface area (Å²) >= 11 is 11.8. The highest BCUT2D eigenvalue weighted by Crippen LogP contribution is 2.20. The molecule has 0 aliphatic rings. The molecule has 2 aromatic rings. The van der Waals surface area contributed by atoms with Crippen LogP contribution in [0.5, 0.6) is 5.75 Å². The predicted molar refractivity (Wildman–Crippen MR) is 103 cm³/mol. The van der Waals surface area contributed by atoms with Gasteiger partial charge in [0, 0.05) is 24.5 Å². The first kappa shape index (κ1) is 20.1. The third-order valence-corrected chi connectivity index (χ3v) is 4.02. The molecule has 0 unspecified atom stereocenters. The molecule has 2 N–H and O–H groups in total. The average Bonchev–Trinajstić information content (AvgIpc) is 2.63. The van der Waals surface area contributed by atoms with E-state index in [0.29, 0.717) is 43.1 Å². The summed E-state index contributed by atoms with van der Waals surface area (Å²) in [5.74, 6) is 0.397. The van der Waals surface area contributed by atoms with Crippen molar-refractivity contribution in [3.63, 3.8) is 0 Å². The van der Waals surface area contributed by atoms with Crippen LogP contribution in [0.15, 0.2) is 48.5 Å². The minimum absolute atomic E-state index is 0.0829. The molecule has 138 valence electrons. The van der Waals surface area contributed by atoms with E-state index in [1.807, 2.05) is 30.3 Å². The van der Waals surface area contributed by atoms with E-state index in [9.17, 15) is 9.59 Å². The summed E-state index contributed by atoms with van der Waals surface area (Å²) in [6.07, 6.45) is 0.983. The summed E-state index contributed by atoms with van der Waals surface area (Å²) in [6, 6.07) is 14.1. The van der Waals surface area contributed by atoms with Crippen LogP contribution in [0.1, 0.15) is 23.2 Å². The number of carbonyl (C=O) groups excluding carboxylic acids is 2. The second-order valence-corrected chi connectivity index (χ2v) is 6.34. The van der Waals surface area contributed by atoms with Gasteiger partial charge in [-0.05, 0) is 36.8 Å². The van der Waals surface area contributed by atoms with Crippen LogP contribution < -0.4 is 15.4 Å². The van der Waals surface area contributed by atoms with Crippen molar-refractivity contribution in [1.29, 1.82) is 0 Å². The highest BCUT2D eigenvalue weighted by Gasteiger charge is 2.10. The van der Waals surface area contributed by atoms with Gasteiger partial charge in [0.1, 0.15) is 5.75 Å². The molecule has 7 heteroatoms. The van der Waals surface area contributed by atoms with Crippen molar-refractivity contribution in [2.75, 3.05) is 19.7 Å². The summed E-state index contributed by atoms with van der Waals surface area (Å²) in [7, 11) is 0. The molecule has 0 heterocycles. The van der Waals surface area contributed by atoms with E-state index in [-0.39, 0.29) is 16.8 Å². The fraction of sp³-hybridized carbons (Fsp3) is 0.263. The van der Waals surface area contributed by atoms with Crippen LogP contribution in [-0.2, 0) is 4.79 Å². The van der Waals surface area contributed by atoms with Gasteiger partial charge in [0.15, 0.2) is 0 Å². The molecule has 0 bridgehead atoms. The third kappa shape index (κ3) is 6.94. The molecule has 26 heavy (non-hydrogen) atoms. The third-order valence-electron chi connectivity index (χ3n) is 3.47. The van der Waals surface area contributed by atoms with Gasteiger partial charge in [0.05, 0.1) is 17.2 Å². The lowest BCUT2D eigenvalue weighted by atomic mass is 10.2. The van der Waals surface area contributed by atoms with Crippen molar-refractivity contribution in [1.82, 2.24) is 10.6 Å². The first-order valence-corrected chi connectivity index (χ1v) is 8.99. The zero-order valence-electron chi connectivity index (χ0n) is 14.1. The van der Waals surface area contributed by atoms with Crippen LogP contribution in [0.2, 0.25) is 10.0 Å². The van der Waals surface area contributed by atoms with E-state index in [1.54, 1.807) is 12.1 Å². The molecule has 0 fully saturated rings. The molecule has 0 saturated heterocycles. The molecule has 2 rings (SSSR count). The van der Waals surface area contributed by atoms with Crippen LogP contribution in [-0.4, -0.2) is 31.5 Å². The Labute approximate surface area is 162 Å². The second-order valence-electron chi connectivity index (χ2n) is 5.50. The summed E-state index contributed by atoms with van der Waals surface area (Å²) < 4.78 is 5.52. The number of para-hydroxylation sites is 1. The van der Waals surface area contributed by atoms with Crippen LogP contribution >= 0.6 is 23.2 Å². The van der Waals surface area contributed by atoms with E-state index in [4.69, 9.17) is 27.9 Å². The largest absolute Gasteiger partial charge is 0.494 e. The molecule has 2 amide bonds. The van der Waals surface area contributed by atoms with Crippen LogP contribution in [0.3, 0.4) is 0 Å². The quantitative estimate of drug-likeness (QED) is 0.637. The topological polar surface area (TPSA) is 67.4 Å². The summed E-state index contributed by atoms with van der Waals surface area (Å²) in [6.45, 7) is 1.13. The lowest BCUT2D eigenvalue weighted by Crippen LogP contribution is -2.34. The number of benzene rings is 2. The predicted octanol–water partition coefficient (Wildman–Crippen LogP) is 3.70. The number of carbonyl (C=O) groups is 2. The fourth-order valence-corrected chi connectivity index (χ4v) is 2.67. The molecule has 0 aliphatic carbocycles. The monoisotopic (exact) mass is 394 g/mol. The van der Waals surface area contributed by atoms with Crippen molar-refractivity contribution in [2.45, 2.75) is 12.8 Å². The second kappa shape index (κ2) is 10.7. The maximum Gasteiger partial charge on any atom is 0.252 e. The van der Waals surface area contributed by atoms with Gasteiger partial charge < -0.3 is 15.4 Å². The fourth-order valence-electron chi connectivity index (χ4n) is 2.17.